The fourth-order valence-electron chi connectivity index (χ4n) is 3.65. The number of hydrogen-bond acceptors (Lipinski definition) is 2. The van der Waals surface area contributed by atoms with Gasteiger partial charge in [-0.1, -0.05) is 26.0 Å². The number of aromatic nitrogens is 5. The molecule has 0 spiro atoms. The van der Waals surface area contributed by atoms with Crippen LogP contribution in [0.15, 0.2) is 61.2 Å². The summed E-state index contributed by atoms with van der Waals surface area (Å²) in [5.74, 6) is 0. The fraction of sp³-hybridized carbons (Fsp3) is 0.304. The molecular formula is C23H27N5+2. The van der Waals surface area contributed by atoms with Gasteiger partial charge in [-0.15, -0.1) is 0 Å². The third-order valence-electron chi connectivity index (χ3n) is 5.01. The maximum Gasteiger partial charge on any atom is 0.169 e. The fourth-order valence-corrected chi connectivity index (χ4v) is 3.65. The first-order chi connectivity index (χ1) is 13.7. The van der Waals surface area contributed by atoms with Gasteiger partial charge < -0.3 is 0 Å². The Kier molecular flexibility index (Phi) is 5.15. The lowest BCUT2D eigenvalue weighted by Gasteiger charge is -2.06. The lowest BCUT2D eigenvalue weighted by Crippen LogP contribution is -2.31. The Hall–Kier alpha value is -3.08. The highest BCUT2D eigenvalue weighted by molar-refractivity contribution is 6.00. The van der Waals surface area contributed by atoms with Gasteiger partial charge in [-0.2, -0.15) is 15.0 Å². The van der Waals surface area contributed by atoms with Crippen molar-refractivity contribution in [3.05, 3.63) is 61.2 Å². The summed E-state index contributed by atoms with van der Waals surface area (Å²) in [7, 11) is 1.88. The van der Waals surface area contributed by atoms with Crippen molar-refractivity contribution in [2.75, 3.05) is 0 Å². The summed E-state index contributed by atoms with van der Waals surface area (Å²) in [5, 5.41) is 9.35. The van der Waals surface area contributed by atoms with Crippen molar-refractivity contribution >= 4 is 11.0 Å². The lowest BCUT2D eigenvalue weighted by atomic mass is 9.99. The van der Waals surface area contributed by atoms with Crippen molar-refractivity contribution in [2.24, 2.45) is 7.05 Å². The van der Waals surface area contributed by atoms with E-state index in [1.54, 1.807) is 4.80 Å². The molecule has 142 valence electrons. The van der Waals surface area contributed by atoms with Gasteiger partial charge in [0, 0.05) is 55.3 Å². The first kappa shape index (κ1) is 18.3. The van der Waals surface area contributed by atoms with E-state index in [9.17, 15) is 0 Å². The van der Waals surface area contributed by atoms with E-state index >= 15 is 0 Å². The molecule has 0 N–H and O–H groups in total. The van der Waals surface area contributed by atoms with E-state index in [0.29, 0.717) is 0 Å². The van der Waals surface area contributed by atoms with Crippen molar-refractivity contribution in [2.45, 2.75) is 39.8 Å². The van der Waals surface area contributed by atoms with Crippen LogP contribution in [0, 0.1) is 0 Å². The largest absolute Gasteiger partial charge is 0.205 e. The van der Waals surface area contributed by atoms with E-state index in [-0.39, 0.29) is 0 Å². The van der Waals surface area contributed by atoms with Crippen molar-refractivity contribution in [3.8, 4) is 22.3 Å². The molecule has 5 heteroatoms. The molecule has 4 aromatic rings. The van der Waals surface area contributed by atoms with Crippen molar-refractivity contribution in [3.63, 3.8) is 0 Å². The predicted octanol–water partition coefficient (Wildman–Crippen LogP) is 3.70. The van der Waals surface area contributed by atoms with Crippen LogP contribution >= 0.6 is 0 Å². The third-order valence-corrected chi connectivity index (χ3v) is 5.01. The molecule has 0 saturated carbocycles. The Bertz CT molecular complexity index is 992. The Morgan fingerprint density at radius 2 is 1.07 bits per heavy atom. The van der Waals surface area contributed by atoms with Gasteiger partial charge >= 0.3 is 0 Å². The maximum absolute atomic E-state index is 4.67. The molecule has 0 unspecified atom stereocenters. The summed E-state index contributed by atoms with van der Waals surface area (Å²) in [6, 6.07) is 13.0. The van der Waals surface area contributed by atoms with Gasteiger partial charge in [-0.25, -0.2) is 9.13 Å². The van der Waals surface area contributed by atoms with Gasteiger partial charge in [0.2, 0.25) is 0 Å². The van der Waals surface area contributed by atoms with E-state index < -0.39 is 0 Å². The van der Waals surface area contributed by atoms with Crippen LogP contribution in [0.1, 0.15) is 26.7 Å². The smallest absolute Gasteiger partial charge is 0.169 e. The molecule has 0 bridgehead atoms. The Morgan fingerprint density at radius 1 is 0.679 bits per heavy atom. The van der Waals surface area contributed by atoms with Gasteiger partial charge in [0.25, 0.3) is 0 Å². The minimum absolute atomic E-state index is 0.943. The molecule has 28 heavy (non-hydrogen) atoms. The lowest BCUT2D eigenvalue weighted by molar-refractivity contribution is -0.697. The first-order valence-corrected chi connectivity index (χ1v) is 10.0. The molecule has 0 aliphatic carbocycles. The molecule has 0 atom stereocenters. The topological polar surface area (TPSA) is 38.5 Å². The molecule has 0 aliphatic heterocycles. The average Bonchev–Trinajstić information content (AvgIpc) is 3.10. The van der Waals surface area contributed by atoms with Crippen molar-refractivity contribution in [1.29, 1.82) is 0 Å². The van der Waals surface area contributed by atoms with E-state index in [1.165, 1.54) is 11.1 Å². The van der Waals surface area contributed by atoms with Crippen LogP contribution in [0.4, 0.5) is 0 Å². The molecule has 0 saturated heterocycles. The number of fused-ring (bicyclic) bond motifs is 1. The minimum atomic E-state index is 0.943. The molecule has 0 aliphatic rings. The van der Waals surface area contributed by atoms with Crippen LogP contribution in [0.5, 0.6) is 0 Å². The summed E-state index contributed by atoms with van der Waals surface area (Å²) >= 11 is 0. The molecule has 1 aromatic carbocycles. The SMILES string of the molecule is CCC[n+]1ccc(-c2ccc(-c3cc[n+](CCC)cc3)c3nn(C)nc23)cc1. The van der Waals surface area contributed by atoms with Gasteiger partial charge in [-0.3, -0.25) is 0 Å². The molecule has 0 radical (unpaired) electrons. The normalized spacial score (nSPS) is 11.2. The standard InChI is InChI=1S/C23H27N5/c1-4-12-27-14-8-18(9-15-27)20-6-7-21(23-22(20)24-26(3)25-23)19-10-16-28(13-5-2)17-11-19/h6-11,14-17H,4-5,12-13H2,1-3H3/q+2. The number of hydrogen-bond donors (Lipinski definition) is 0. The zero-order valence-electron chi connectivity index (χ0n) is 16.8. The van der Waals surface area contributed by atoms with E-state index in [0.717, 1.165) is 48.1 Å². The quantitative estimate of drug-likeness (QED) is 0.484. The van der Waals surface area contributed by atoms with Crippen molar-refractivity contribution in [1.82, 2.24) is 15.0 Å². The average molecular weight is 374 g/mol. The van der Waals surface area contributed by atoms with Crippen LogP contribution in [-0.4, -0.2) is 15.0 Å². The number of aryl methyl sites for hydroxylation is 3. The minimum Gasteiger partial charge on any atom is -0.205 e. The summed E-state index contributed by atoms with van der Waals surface area (Å²) in [6.45, 7) is 6.45. The monoisotopic (exact) mass is 373 g/mol. The summed E-state index contributed by atoms with van der Waals surface area (Å²) < 4.78 is 4.42. The molecule has 5 nitrogen and oxygen atoms in total. The number of rotatable bonds is 6. The van der Waals surface area contributed by atoms with E-state index in [1.807, 2.05) is 7.05 Å². The van der Waals surface area contributed by atoms with Crippen LogP contribution in [0.25, 0.3) is 33.3 Å². The molecule has 4 rings (SSSR count). The predicted molar refractivity (Wildman–Crippen MR) is 110 cm³/mol. The van der Waals surface area contributed by atoms with Crippen LogP contribution in [-0.2, 0) is 20.1 Å². The first-order valence-electron chi connectivity index (χ1n) is 10.0. The molecule has 0 fully saturated rings. The van der Waals surface area contributed by atoms with Gasteiger partial charge in [-0.05, 0) is 11.1 Å². The number of pyridine rings is 2. The highest BCUT2D eigenvalue weighted by Gasteiger charge is 2.15. The summed E-state index contributed by atoms with van der Waals surface area (Å²) in [4.78, 5) is 1.66. The molecule has 3 heterocycles. The highest BCUT2D eigenvalue weighted by atomic mass is 15.4. The second-order valence-corrected chi connectivity index (χ2v) is 7.20. The molecule has 3 aromatic heterocycles. The Balaban J connectivity index is 1.78. The summed E-state index contributed by atoms with van der Waals surface area (Å²) in [5.41, 5.74) is 6.45. The number of nitrogens with zero attached hydrogens (tertiary/aromatic N) is 5. The van der Waals surface area contributed by atoms with E-state index in [2.05, 4.69) is 94.4 Å². The maximum atomic E-state index is 4.67. The Labute approximate surface area is 165 Å². The third kappa shape index (κ3) is 3.52. The summed E-state index contributed by atoms with van der Waals surface area (Å²) in [6.07, 6.45) is 10.8. The zero-order chi connectivity index (χ0) is 19.5. The van der Waals surface area contributed by atoms with Crippen LogP contribution in [0.3, 0.4) is 0 Å². The Morgan fingerprint density at radius 3 is 1.43 bits per heavy atom. The van der Waals surface area contributed by atoms with Gasteiger partial charge in [0.1, 0.15) is 24.1 Å². The second-order valence-electron chi connectivity index (χ2n) is 7.20. The molecule has 0 amide bonds. The zero-order valence-corrected chi connectivity index (χ0v) is 16.8. The van der Waals surface area contributed by atoms with Crippen LogP contribution in [0.2, 0.25) is 0 Å². The van der Waals surface area contributed by atoms with Gasteiger partial charge in [0.05, 0.1) is 0 Å². The van der Waals surface area contributed by atoms with Gasteiger partial charge in [0.15, 0.2) is 24.8 Å². The second kappa shape index (κ2) is 7.89. The highest BCUT2D eigenvalue weighted by Crippen LogP contribution is 2.32. The van der Waals surface area contributed by atoms with E-state index in [4.69, 9.17) is 0 Å². The molecular weight excluding hydrogens is 346 g/mol. The van der Waals surface area contributed by atoms with Crippen LogP contribution < -0.4 is 9.13 Å². The van der Waals surface area contributed by atoms with Crippen molar-refractivity contribution < 1.29 is 9.13 Å². The number of benzene rings is 1.